The van der Waals surface area contributed by atoms with Gasteiger partial charge in [0.05, 0.1) is 0 Å². The molecule has 0 aromatic carbocycles. The maximum atomic E-state index is 0. The maximum absolute atomic E-state index is 0. The summed E-state index contributed by atoms with van der Waals surface area (Å²) in [5.41, 5.74) is 0. The van der Waals surface area contributed by atoms with Gasteiger partial charge < -0.3 is 0 Å². The second-order valence-corrected chi connectivity index (χ2v) is 0. The van der Waals surface area contributed by atoms with E-state index in [0.717, 1.165) is 0 Å². The molecular formula is AgCaCoPbSbSn. The summed E-state index contributed by atoms with van der Waals surface area (Å²) in [5.74, 6) is 0. The predicted molar refractivity (Wildman–Crippen MR) is 23.0 cm³/mol. The molecule has 0 fully saturated rings. The van der Waals surface area contributed by atoms with Crippen molar-refractivity contribution in [3.05, 3.63) is 0 Å². The van der Waals surface area contributed by atoms with Gasteiger partial charge in [-0.15, -0.1) is 0 Å². The molecule has 0 saturated carbocycles. The van der Waals surface area contributed by atoms with Crippen molar-refractivity contribution in [3.63, 3.8) is 0 Å². The van der Waals surface area contributed by atoms with Gasteiger partial charge in [0.15, 0.2) is 0 Å². The van der Waals surface area contributed by atoms with Crippen molar-refractivity contribution in [2.45, 2.75) is 0 Å². The molecule has 0 aliphatic rings. The first-order chi connectivity index (χ1) is 0. The van der Waals surface area contributed by atoms with Gasteiger partial charge in [0.1, 0.15) is 0 Å². The first-order valence-electron chi connectivity index (χ1n) is 0. The summed E-state index contributed by atoms with van der Waals surface area (Å²) in [5, 5.41) is 0. The molecule has 0 nitrogen and oxygen atoms in total. The third kappa shape index (κ3) is 23.0. The molecule has 0 rings (SSSR count). The Labute approximate surface area is 148 Å². The first kappa shape index (κ1) is 43.8. The van der Waals surface area contributed by atoms with Crippen molar-refractivity contribution in [3.8, 4) is 0 Å². The van der Waals surface area contributed by atoms with Gasteiger partial charge in [-0.2, -0.15) is 0 Å². The number of hydrogen-bond acceptors (Lipinski definition) is 0. The number of rotatable bonds is 0. The topological polar surface area (TPSA) is 0 Å². The fraction of sp³-hybridized carbons (Fsp3) is 0. The molecule has 0 unspecified atom stereocenters. The van der Waals surface area contributed by atoms with Crippen molar-refractivity contribution in [1.29, 1.82) is 0 Å². The van der Waals surface area contributed by atoms with Gasteiger partial charge in [0.25, 0.3) is 0 Å². The molecule has 0 saturated heterocycles. The van der Waals surface area contributed by atoms with E-state index in [1.807, 2.05) is 0 Å². The molecule has 35 valence electrons. The summed E-state index contributed by atoms with van der Waals surface area (Å²) in [7, 11) is 0. The van der Waals surface area contributed by atoms with Crippen LogP contribution in [0.5, 0.6) is 0 Å². The van der Waals surface area contributed by atoms with Gasteiger partial charge in [-0.3, -0.25) is 0 Å². The largest absolute Gasteiger partial charge is 0 e. The van der Waals surface area contributed by atoms with Crippen LogP contribution >= 0.6 is 0 Å². The second kappa shape index (κ2) is 32.3. The Morgan fingerprint density at radius 1 is 1.00 bits per heavy atom. The zero-order valence-corrected chi connectivity index (χ0v) is 16.8. The monoisotopic (exact) mass is 655 g/mol. The summed E-state index contributed by atoms with van der Waals surface area (Å²) in [6.07, 6.45) is 0. The van der Waals surface area contributed by atoms with Gasteiger partial charge in [0, 0.05) is 153 Å². The van der Waals surface area contributed by atoms with Crippen LogP contribution in [0, 0.1) is 0 Å². The van der Waals surface area contributed by atoms with Gasteiger partial charge in [-0.05, 0) is 0 Å². The average Bonchev–Trinajstić information content (AvgIpc) is 0. The summed E-state index contributed by atoms with van der Waals surface area (Å²) in [6, 6.07) is 0. The summed E-state index contributed by atoms with van der Waals surface area (Å²) < 4.78 is 0. The fourth-order valence-electron chi connectivity index (χ4n) is 0. The van der Waals surface area contributed by atoms with E-state index in [0.29, 0.717) is 0 Å². The third-order valence-corrected chi connectivity index (χ3v) is 0. The van der Waals surface area contributed by atoms with Crippen LogP contribution in [0.1, 0.15) is 0 Å². The molecule has 6 heavy (non-hydrogen) atoms. The Bertz CT molecular complexity index is 15.5. The molecule has 15 radical (unpaired) electrons. The molecule has 0 aliphatic carbocycles. The Morgan fingerprint density at radius 2 is 1.00 bits per heavy atom. The molecule has 0 aliphatic heterocycles. The fourth-order valence-corrected chi connectivity index (χ4v) is 0. The van der Waals surface area contributed by atoms with Crippen LogP contribution in [0.2, 0.25) is 0 Å². The van der Waals surface area contributed by atoms with E-state index in [9.17, 15) is 0 Å². The van der Waals surface area contributed by atoms with E-state index in [4.69, 9.17) is 0 Å². The van der Waals surface area contributed by atoms with Crippen molar-refractivity contribution in [2.75, 3.05) is 0 Å². The number of hydrogen-bond donors (Lipinski definition) is 0. The predicted octanol–water partition coefficient (Wildman–Crippen LogP) is -1.53. The first-order valence-corrected chi connectivity index (χ1v) is 0. The third-order valence-electron chi connectivity index (χ3n) is 0. The van der Waals surface area contributed by atoms with Crippen LogP contribution in [0.15, 0.2) is 0 Å². The van der Waals surface area contributed by atoms with Gasteiger partial charge in [-0.25, -0.2) is 0 Å². The van der Waals surface area contributed by atoms with E-state index >= 15 is 0 Å². The van der Waals surface area contributed by atoms with E-state index in [1.165, 1.54) is 0 Å². The van der Waals surface area contributed by atoms with Gasteiger partial charge in [0.2, 0.25) is 0 Å². The van der Waals surface area contributed by atoms with Gasteiger partial charge in [-0.1, -0.05) is 0 Å². The second-order valence-electron chi connectivity index (χ2n) is 0. The van der Waals surface area contributed by atoms with E-state index < -0.39 is 0 Å². The minimum absolute atomic E-state index is 0. The summed E-state index contributed by atoms with van der Waals surface area (Å²) in [4.78, 5) is 0. The molecule has 0 aromatic rings. The van der Waals surface area contributed by atoms with Crippen LogP contribution in [0.25, 0.3) is 0 Å². The zero-order chi connectivity index (χ0) is 0. The summed E-state index contributed by atoms with van der Waals surface area (Å²) >= 11 is 0. The van der Waals surface area contributed by atoms with Crippen LogP contribution in [-0.4, -0.2) is 113 Å². The van der Waals surface area contributed by atoms with Crippen LogP contribution < -0.4 is 0 Å². The maximum Gasteiger partial charge on any atom is 0 e. The van der Waals surface area contributed by atoms with E-state index in [-0.39, 0.29) is 153 Å². The minimum Gasteiger partial charge on any atom is 0 e. The molecule has 0 amide bonds. The Balaban J connectivity index is 0. The van der Waals surface area contributed by atoms with E-state index in [2.05, 4.69) is 0 Å². The molecule has 0 bridgehead atoms. The van der Waals surface area contributed by atoms with Crippen molar-refractivity contribution in [1.82, 2.24) is 0 Å². The van der Waals surface area contributed by atoms with Gasteiger partial charge >= 0.3 is 0 Å². The SMILES string of the molecule is [Ag].[Ca].[Co].[Pb].[Sb].[Sn]. The standard InChI is InChI=1S/Ag.Ca.Co.Pb.Sb.Sn. The van der Waals surface area contributed by atoms with Crippen molar-refractivity contribution >= 4 is 113 Å². The Hall–Kier alpha value is 5.05. The van der Waals surface area contributed by atoms with Crippen LogP contribution in [0.3, 0.4) is 0 Å². The van der Waals surface area contributed by atoms with E-state index in [1.54, 1.807) is 0 Å². The Morgan fingerprint density at radius 3 is 1.00 bits per heavy atom. The van der Waals surface area contributed by atoms with Crippen molar-refractivity contribution < 1.29 is 39.2 Å². The normalized spacial score (nSPS) is 0. The van der Waals surface area contributed by atoms with Crippen LogP contribution in [0.4, 0.5) is 0 Å². The molecule has 0 aromatic heterocycles. The summed E-state index contributed by atoms with van der Waals surface area (Å²) in [6.45, 7) is 0. The van der Waals surface area contributed by atoms with Crippen LogP contribution in [-0.2, 0) is 39.2 Å². The zero-order valence-electron chi connectivity index (χ0n) is 2.79. The molecule has 6 heteroatoms. The quantitative estimate of drug-likeness (QED) is 0.279. The molecule has 0 heterocycles. The molecule has 0 atom stereocenters. The Kier molecular flexibility index (Phi) is 236. The molecular weight excluding hydrogens is 655 g/mol. The molecule has 0 N–H and O–H groups in total. The van der Waals surface area contributed by atoms with Crippen molar-refractivity contribution in [2.24, 2.45) is 0 Å². The minimum atomic E-state index is 0. The smallest absolute Gasteiger partial charge is 0 e. The molecule has 0 spiro atoms. The average molecular weight is 655 g/mol.